The fourth-order valence-electron chi connectivity index (χ4n) is 4.23. The molecule has 0 saturated heterocycles. The van der Waals surface area contributed by atoms with Crippen LogP contribution in [0.2, 0.25) is 0 Å². The van der Waals surface area contributed by atoms with Gasteiger partial charge in [0.2, 0.25) is 0 Å². The molecule has 2 aromatic carbocycles. The lowest BCUT2D eigenvalue weighted by molar-refractivity contribution is 0.249. The van der Waals surface area contributed by atoms with Crippen molar-refractivity contribution < 1.29 is 0 Å². The predicted octanol–water partition coefficient (Wildman–Crippen LogP) is 5.59. The third kappa shape index (κ3) is 4.06. The zero-order valence-corrected chi connectivity index (χ0v) is 19.7. The molecule has 1 aliphatic heterocycles. The minimum absolute atomic E-state index is 0.107. The Morgan fingerprint density at radius 2 is 1.94 bits per heavy atom. The Morgan fingerprint density at radius 1 is 1.16 bits per heavy atom. The molecule has 0 saturated carbocycles. The van der Waals surface area contributed by atoms with Crippen LogP contribution in [0.4, 0.5) is 0 Å². The molecular formula is C26H25N3OS2. The largest absolute Gasteiger partial charge is 0.294 e. The van der Waals surface area contributed by atoms with Crippen molar-refractivity contribution in [2.45, 2.75) is 31.6 Å². The third-order valence-corrected chi connectivity index (χ3v) is 7.93. The molecule has 2 aromatic heterocycles. The molecule has 1 aliphatic rings. The number of thiophene rings is 1. The van der Waals surface area contributed by atoms with Crippen LogP contribution in [0.5, 0.6) is 0 Å². The van der Waals surface area contributed by atoms with Crippen molar-refractivity contribution in [1.29, 1.82) is 0 Å². The first-order valence-electron chi connectivity index (χ1n) is 10.8. The zero-order chi connectivity index (χ0) is 22.1. The molecule has 0 amide bonds. The number of fused-ring (bicyclic) bond motifs is 3. The van der Waals surface area contributed by atoms with E-state index < -0.39 is 0 Å². The summed E-state index contributed by atoms with van der Waals surface area (Å²) in [6.07, 6.45) is 2.73. The van der Waals surface area contributed by atoms with Gasteiger partial charge in [0.05, 0.1) is 5.39 Å². The number of hydrogen-bond donors (Lipinski definition) is 0. The highest BCUT2D eigenvalue weighted by Gasteiger charge is 2.26. The van der Waals surface area contributed by atoms with Crippen LogP contribution in [0, 0.1) is 6.92 Å². The van der Waals surface area contributed by atoms with Crippen LogP contribution >= 0.6 is 23.1 Å². The van der Waals surface area contributed by atoms with Crippen LogP contribution in [0.25, 0.3) is 15.9 Å². The Bertz CT molecular complexity index is 1320. The van der Waals surface area contributed by atoms with Gasteiger partial charge < -0.3 is 0 Å². The fourth-order valence-corrected chi connectivity index (χ4v) is 6.43. The average Bonchev–Trinajstić information content (AvgIpc) is 3.18. The summed E-state index contributed by atoms with van der Waals surface area (Å²) in [5.74, 6) is 0.708. The highest BCUT2D eigenvalue weighted by Crippen LogP contribution is 2.37. The summed E-state index contributed by atoms with van der Waals surface area (Å²) in [5, 5.41) is 1.53. The molecule has 0 spiro atoms. The SMILES string of the molecule is C=CCSc1nc(=O)c2c3c(sc2n1-c1ccc(C)cc1)CN(Cc1ccccc1)CC3. The number of thioether (sulfide) groups is 1. The Balaban J connectivity index is 1.60. The topological polar surface area (TPSA) is 38.1 Å². The first-order valence-corrected chi connectivity index (χ1v) is 12.6. The number of rotatable bonds is 6. The lowest BCUT2D eigenvalue weighted by Gasteiger charge is -2.26. The molecule has 0 radical (unpaired) electrons. The van der Waals surface area contributed by atoms with E-state index in [9.17, 15) is 4.79 Å². The van der Waals surface area contributed by atoms with Crippen LogP contribution in [-0.4, -0.2) is 26.7 Å². The maximum Gasteiger partial charge on any atom is 0.282 e. The molecule has 32 heavy (non-hydrogen) atoms. The molecular weight excluding hydrogens is 434 g/mol. The summed E-state index contributed by atoms with van der Waals surface area (Å²) >= 11 is 3.30. The standard InChI is InChI=1S/C26H25N3OS2/c1-3-15-31-26-27-24(30)23-21-13-14-28(16-19-7-5-4-6-8-19)17-22(21)32-25(23)29(26)20-11-9-18(2)10-12-20/h3-12H,1,13-17H2,2H3. The van der Waals surface area contributed by atoms with E-state index in [2.05, 4.69) is 82.6 Å². The minimum atomic E-state index is -0.107. The van der Waals surface area contributed by atoms with Crippen molar-refractivity contribution in [3.8, 4) is 5.69 Å². The van der Waals surface area contributed by atoms with Gasteiger partial charge in [-0.1, -0.05) is 65.9 Å². The molecule has 0 aliphatic carbocycles. The van der Waals surface area contributed by atoms with Crippen LogP contribution < -0.4 is 5.56 Å². The Kier molecular flexibility index (Phi) is 6.00. The van der Waals surface area contributed by atoms with Gasteiger partial charge in [0.15, 0.2) is 5.16 Å². The van der Waals surface area contributed by atoms with Crippen molar-refractivity contribution >= 4 is 33.3 Å². The van der Waals surface area contributed by atoms with Gasteiger partial charge in [-0.15, -0.1) is 17.9 Å². The molecule has 0 N–H and O–H groups in total. The van der Waals surface area contributed by atoms with Crippen LogP contribution in [-0.2, 0) is 19.5 Å². The van der Waals surface area contributed by atoms with Crippen LogP contribution in [0.1, 0.15) is 21.6 Å². The number of benzene rings is 2. The molecule has 3 heterocycles. The fraction of sp³-hybridized carbons (Fsp3) is 0.231. The van der Waals surface area contributed by atoms with E-state index in [-0.39, 0.29) is 5.56 Å². The normalized spacial score (nSPS) is 13.9. The van der Waals surface area contributed by atoms with Crippen molar-refractivity contribution in [3.63, 3.8) is 0 Å². The summed E-state index contributed by atoms with van der Waals surface area (Å²) < 4.78 is 2.16. The number of aryl methyl sites for hydroxylation is 1. The smallest absolute Gasteiger partial charge is 0.282 e. The second-order valence-corrected chi connectivity index (χ2v) is 10.2. The van der Waals surface area contributed by atoms with Gasteiger partial charge >= 0.3 is 0 Å². The van der Waals surface area contributed by atoms with E-state index >= 15 is 0 Å². The molecule has 4 aromatic rings. The first kappa shape index (κ1) is 21.2. The van der Waals surface area contributed by atoms with E-state index in [4.69, 9.17) is 0 Å². The highest BCUT2D eigenvalue weighted by molar-refractivity contribution is 7.99. The number of nitrogens with zero attached hydrogens (tertiary/aromatic N) is 3. The van der Waals surface area contributed by atoms with Crippen molar-refractivity contribution in [1.82, 2.24) is 14.5 Å². The molecule has 162 valence electrons. The van der Waals surface area contributed by atoms with Crippen molar-refractivity contribution in [2.24, 2.45) is 0 Å². The maximum atomic E-state index is 13.1. The lowest BCUT2D eigenvalue weighted by atomic mass is 10.0. The Morgan fingerprint density at radius 3 is 2.69 bits per heavy atom. The second kappa shape index (κ2) is 9.06. The van der Waals surface area contributed by atoms with E-state index in [0.29, 0.717) is 5.75 Å². The van der Waals surface area contributed by atoms with Gasteiger partial charge in [0.25, 0.3) is 5.56 Å². The summed E-state index contributed by atoms with van der Waals surface area (Å²) in [6, 6.07) is 19.0. The average molecular weight is 460 g/mol. The van der Waals surface area contributed by atoms with E-state index in [0.717, 1.165) is 47.1 Å². The quantitative estimate of drug-likeness (QED) is 0.214. The molecule has 0 atom stereocenters. The summed E-state index contributed by atoms with van der Waals surface area (Å²) in [7, 11) is 0. The molecule has 0 unspecified atom stereocenters. The number of hydrogen-bond acceptors (Lipinski definition) is 5. The van der Waals surface area contributed by atoms with Crippen LogP contribution in [0.15, 0.2) is 77.2 Å². The van der Waals surface area contributed by atoms with Gasteiger partial charge in [-0.05, 0) is 36.6 Å². The molecule has 0 bridgehead atoms. The summed E-state index contributed by atoms with van der Waals surface area (Å²) in [6.45, 7) is 8.66. The highest BCUT2D eigenvalue weighted by atomic mass is 32.2. The molecule has 6 heteroatoms. The lowest BCUT2D eigenvalue weighted by Crippen LogP contribution is -2.29. The summed E-state index contributed by atoms with van der Waals surface area (Å²) in [4.78, 5) is 22.4. The van der Waals surface area contributed by atoms with Gasteiger partial charge in [-0.2, -0.15) is 4.98 Å². The molecule has 0 fully saturated rings. The summed E-state index contributed by atoms with van der Waals surface area (Å²) in [5.41, 5.74) is 4.65. The monoisotopic (exact) mass is 459 g/mol. The van der Waals surface area contributed by atoms with Crippen molar-refractivity contribution in [3.05, 3.63) is 99.2 Å². The third-order valence-electron chi connectivity index (χ3n) is 5.79. The van der Waals surface area contributed by atoms with Gasteiger partial charge in [0.1, 0.15) is 4.83 Å². The molecule has 5 rings (SSSR count). The first-order chi connectivity index (χ1) is 15.6. The Labute approximate surface area is 196 Å². The maximum absolute atomic E-state index is 13.1. The Hall–Kier alpha value is -2.67. The van der Waals surface area contributed by atoms with E-state index in [1.165, 1.54) is 21.6 Å². The van der Waals surface area contributed by atoms with Crippen LogP contribution in [0.3, 0.4) is 0 Å². The van der Waals surface area contributed by atoms with Gasteiger partial charge in [-0.25, -0.2) is 0 Å². The van der Waals surface area contributed by atoms with Gasteiger partial charge in [-0.3, -0.25) is 14.3 Å². The van der Waals surface area contributed by atoms with Crippen molar-refractivity contribution in [2.75, 3.05) is 12.3 Å². The van der Waals surface area contributed by atoms with E-state index in [1.54, 1.807) is 23.1 Å². The zero-order valence-electron chi connectivity index (χ0n) is 18.1. The minimum Gasteiger partial charge on any atom is -0.294 e. The predicted molar refractivity (Wildman–Crippen MR) is 135 cm³/mol. The van der Waals surface area contributed by atoms with Gasteiger partial charge in [0, 0.05) is 36.0 Å². The second-order valence-electron chi connectivity index (χ2n) is 8.10. The number of aromatic nitrogens is 2. The molecule has 4 nitrogen and oxygen atoms in total. The van der Waals surface area contributed by atoms with E-state index in [1.807, 2.05) is 6.08 Å².